The van der Waals surface area contributed by atoms with Gasteiger partial charge in [0.25, 0.3) is 0 Å². The summed E-state index contributed by atoms with van der Waals surface area (Å²) in [5.74, 6) is -0.138. The minimum absolute atomic E-state index is 0.138. The molecule has 1 aromatic rings. The molecule has 0 unspecified atom stereocenters. The van der Waals surface area contributed by atoms with Gasteiger partial charge in [-0.1, -0.05) is 12.1 Å². The molecule has 1 aromatic carbocycles. The first-order chi connectivity index (χ1) is 8.20. The molecule has 0 spiro atoms. The van der Waals surface area contributed by atoms with E-state index in [9.17, 15) is 16.8 Å². The van der Waals surface area contributed by atoms with E-state index in [2.05, 4.69) is 5.32 Å². The summed E-state index contributed by atoms with van der Waals surface area (Å²) in [5, 5.41) is 7.76. The van der Waals surface area contributed by atoms with E-state index in [0.717, 1.165) is 6.26 Å². The van der Waals surface area contributed by atoms with Gasteiger partial charge in [-0.15, -0.1) is 0 Å². The number of sulfone groups is 1. The fraction of sp³-hybridized carbons (Fsp3) is 0.400. The zero-order valence-corrected chi connectivity index (χ0v) is 11.6. The van der Waals surface area contributed by atoms with Crippen LogP contribution in [-0.2, 0) is 19.9 Å². The third kappa shape index (κ3) is 5.03. The molecule has 18 heavy (non-hydrogen) atoms. The maximum Gasteiger partial charge on any atom is 0.209 e. The maximum absolute atomic E-state index is 11.5. The smallest absolute Gasteiger partial charge is 0.209 e. The van der Waals surface area contributed by atoms with E-state index < -0.39 is 19.9 Å². The van der Waals surface area contributed by atoms with E-state index in [1.54, 1.807) is 18.2 Å². The fourth-order valence-corrected chi connectivity index (χ4v) is 2.84. The first-order valence-electron chi connectivity index (χ1n) is 5.23. The Labute approximate surface area is 107 Å². The summed E-state index contributed by atoms with van der Waals surface area (Å²) in [5.41, 5.74) is 0.467. The summed E-state index contributed by atoms with van der Waals surface area (Å²) in [6.07, 6.45) is 1.44. The molecule has 0 aromatic heterocycles. The van der Waals surface area contributed by atoms with Crippen LogP contribution >= 0.6 is 0 Å². The molecule has 0 heterocycles. The van der Waals surface area contributed by atoms with Gasteiger partial charge in [-0.2, -0.15) is 0 Å². The van der Waals surface area contributed by atoms with Crippen LogP contribution in [0.4, 0.5) is 5.69 Å². The van der Waals surface area contributed by atoms with Crippen molar-refractivity contribution in [1.29, 1.82) is 0 Å². The summed E-state index contributed by atoms with van der Waals surface area (Å²) in [6, 6.07) is 6.47. The Balaban J connectivity index is 2.69. The van der Waals surface area contributed by atoms with Crippen molar-refractivity contribution in [2.45, 2.75) is 11.3 Å². The second-order valence-corrected chi connectivity index (χ2v) is 7.63. The molecular formula is C10H16N2O4S2. The first kappa shape index (κ1) is 14.9. The van der Waals surface area contributed by atoms with Crippen molar-refractivity contribution >= 4 is 25.5 Å². The maximum atomic E-state index is 11.5. The quantitative estimate of drug-likeness (QED) is 0.727. The average molecular weight is 292 g/mol. The van der Waals surface area contributed by atoms with Crippen molar-refractivity contribution in [2.75, 3.05) is 23.9 Å². The largest absolute Gasteiger partial charge is 0.384 e. The Hall–Kier alpha value is -1.12. The van der Waals surface area contributed by atoms with Crippen LogP contribution in [0.15, 0.2) is 29.2 Å². The van der Waals surface area contributed by atoms with Crippen LogP contribution in [0.3, 0.4) is 0 Å². The lowest BCUT2D eigenvalue weighted by atomic mass is 10.3. The van der Waals surface area contributed by atoms with Gasteiger partial charge in [0.1, 0.15) is 0 Å². The van der Waals surface area contributed by atoms with E-state index >= 15 is 0 Å². The van der Waals surface area contributed by atoms with Crippen LogP contribution in [0.2, 0.25) is 0 Å². The molecule has 0 saturated heterocycles. The van der Waals surface area contributed by atoms with Crippen molar-refractivity contribution in [3.8, 4) is 0 Å². The van der Waals surface area contributed by atoms with Crippen LogP contribution in [0.25, 0.3) is 0 Å². The number of rotatable bonds is 6. The van der Waals surface area contributed by atoms with Gasteiger partial charge >= 0.3 is 0 Å². The molecular weight excluding hydrogens is 276 g/mol. The number of benzene rings is 1. The minimum atomic E-state index is -3.48. The highest BCUT2D eigenvalue weighted by Crippen LogP contribution is 2.20. The SMILES string of the molecule is CS(=O)(=O)c1ccccc1NCCCS(N)(=O)=O. The highest BCUT2D eigenvalue weighted by Gasteiger charge is 2.12. The Kier molecular flexibility index (Phi) is 4.71. The van der Waals surface area contributed by atoms with E-state index in [0.29, 0.717) is 18.7 Å². The zero-order chi connectivity index (χ0) is 13.8. The summed E-state index contributed by atoms with van der Waals surface area (Å²) in [4.78, 5) is 0.195. The van der Waals surface area contributed by atoms with E-state index in [4.69, 9.17) is 5.14 Å². The van der Waals surface area contributed by atoms with Gasteiger partial charge in [-0.05, 0) is 18.6 Å². The van der Waals surface area contributed by atoms with Gasteiger partial charge in [-0.25, -0.2) is 22.0 Å². The molecule has 0 amide bonds. The average Bonchev–Trinajstić information content (AvgIpc) is 2.22. The molecule has 0 aliphatic rings. The zero-order valence-electron chi connectivity index (χ0n) is 9.96. The first-order valence-corrected chi connectivity index (χ1v) is 8.84. The third-order valence-corrected chi connectivity index (χ3v) is 4.22. The Bertz CT molecular complexity index is 609. The Morgan fingerprint density at radius 2 is 1.78 bits per heavy atom. The number of hydrogen-bond acceptors (Lipinski definition) is 5. The number of primary sulfonamides is 1. The molecule has 6 nitrogen and oxygen atoms in total. The third-order valence-electron chi connectivity index (χ3n) is 2.21. The number of nitrogens with one attached hydrogen (secondary N) is 1. The predicted molar refractivity (Wildman–Crippen MR) is 70.6 cm³/mol. The van der Waals surface area contributed by atoms with Crippen LogP contribution in [-0.4, -0.2) is 35.4 Å². The van der Waals surface area contributed by atoms with Gasteiger partial charge in [-0.3, -0.25) is 0 Å². The molecule has 102 valence electrons. The van der Waals surface area contributed by atoms with Crippen molar-refractivity contribution in [1.82, 2.24) is 0 Å². The van der Waals surface area contributed by atoms with Crippen molar-refractivity contribution in [3.63, 3.8) is 0 Å². The summed E-state index contributed by atoms with van der Waals surface area (Å²) >= 11 is 0. The monoisotopic (exact) mass is 292 g/mol. The van der Waals surface area contributed by atoms with Crippen molar-refractivity contribution < 1.29 is 16.8 Å². The molecule has 0 atom stereocenters. The van der Waals surface area contributed by atoms with Crippen LogP contribution in [0, 0.1) is 0 Å². The van der Waals surface area contributed by atoms with E-state index in [-0.39, 0.29) is 10.6 Å². The molecule has 1 rings (SSSR count). The number of nitrogens with two attached hydrogens (primary N) is 1. The molecule has 8 heteroatoms. The molecule has 0 fully saturated rings. The summed E-state index contributed by atoms with van der Waals surface area (Å²) < 4.78 is 44.4. The number of para-hydroxylation sites is 1. The number of anilines is 1. The Morgan fingerprint density at radius 1 is 1.17 bits per heavy atom. The number of sulfonamides is 1. The topological polar surface area (TPSA) is 106 Å². The lowest BCUT2D eigenvalue weighted by Crippen LogP contribution is -2.19. The van der Waals surface area contributed by atoms with Gasteiger partial charge < -0.3 is 5.32 Å². The number of hydrogen-bond donors (Lipinski definition) is 2. The lowest BCUT2D eigenvalue weighted by molar-refractivity contribution is 0.595. The summed E-state index contributed by atoms with van der Waals surface area (Å²) in [7, 11) is -6.78. The molecule has 0 saturated carbocycles. The molecule has 0 radical (unpaired) electrons. The van der Waals surface area contributed by atoms with Crippen LogP contribution in [0.1, 0.15) is 6.42 Å². The standard InChI is InChI=1S/C10H16N2O4S2/c1-17(13,14)10-6-3-2-5-9(10)12-7-4-8-18(11,15)16/h2-3,5-6,12H,4,7-8H2,1H3,(H2,11,15,16). The lowest BCUT2D eigenvalue weighted by Gasteiger charge is -2.10. The van der Waals surface area contributed by atoms with Crippen molar-refractivity contribution in [2.24, 2.45) is 5.14 Å². The molecule has 0 aliphatic carbocycles. The molecule has 0 aliphatic heterocycles. The van der Waals surface area contributed by atoms with Crippen LogP contribution < -0.4 is 10.5 Å². The highest BCUT2D eigenvalue weighted by molar-refractivity contribution is 7.90. The molecule has 0 bridgehead atoms. The second kappa shape index (κ2) is 5.68. The minimum Gasteiger partial charge on any atom is -0.384 e. The highest BCUT2D eigenvalue weighted by atomic mass is 32.2. The van der Waals surface area contributed by atoms with Gasteiger partial charge in [0, 0.05) is 12.8 Å². The fourth-order valence-electron chi connectivity index (χ4n) is 1.43. The van der Waals surface area contributed by atoms with E-state index in [1.165, 1.54) is 6.07 Å². The molecule has 3 N–H and O–H groups in total. The van der Waals surface area contributed by atoms with Gasteiger partial charge in [0.15, 0.2) is 9.84 Å². The summed E-state index contributed by atoms with van der Waals surface area (Å²) in [6.45, 7) is 0.336. The second-order valence-electron chi connectivity index (χ2n) is 3.92. The van der Waals surface area contributed by atoms with E-state index in [1.807, 2.05) is 0 Å². The van der Waals surface area contributed by atoms with Crippen LogP contribution in [0.5, 0.6) is 0 Å². The predicted octanol–water partition coefficient (Wildman–Crippen LogP) is 0.181. The van der Waals surface area contributed by atoms with Gasteiger partial charge in [0.2, 0.25) is 10.0 Å². The normalized spacial score (nSPS) is 12.3. The van der Waals surface area contributed by atoms with Gasteiger partial charge in [0.05, 0.1) is 16.3 Å². The van der Waals surface area contributed by atoms with Crippen molar-refractivity contribution in [3.05, 3.63) is 24.3 Å². The Morgan fingerprint density at radius 3 is 2.33 bits per heavy atom.